The van der Waals surface area contributed by atoms with Crippen LogP contribution in [0.2, 0.25) is 0 Å². The molecule has 124 valence electrons. The van der Waals surface area contributed by atoms with Crippen molar-refractivity contribution in [1.82, 2.24) is 29.7 Å². The van der Waals surface area contributed by atoms with Crippen LogP contribution >= 0.6 is 0 Å². The molecule has 0 saturated heterocycles. The van der Waals surface area contributed by atoms with E-state index in [2.05, 4.69) is 30.5 Å². The normalized spacial score (nSPS) is 10.9. The van der Waals surface area contributed by atoms with Gasteiger partial charge in [-0.05, 0) is 24.3 Å². The number of amides is 1. The second-order valence-corrected chi connectivity index (χ2v) is 5.32. The first-order valence-corrected chi connectivity index (χ1v) is 7.52. The zero-order chi connectivity index (χ0) is 17.2. The van der Waals surface area contributed by atoms with Crippen LogP contribution in [0.4, 0.5) is 5.95 Å². The van der Waals surface area contributed by atoms with Crippen molar-refractivity contribution < 1.29 is 4.79 Å². The number of anilines is 1. The van der Waals surface area contributed by atoms with Crippen LogP contribution in [0.5, 0.6) is 0 Å². The second kappa shape index (κ2) is 6.04. The lowest BCUT2D eigenvalue weighted by Gasteiger charge is -2.03. The number of hydrogen-bond acceptors (Lipinski definition) is 5. The number of rotatable bonds is 4. The van der Waals surface area contributed by atoms with E-state index in [-0.39, 0.29) is 18.2 Å². The number of hydrogen-bond donors (Lipinski definition) is 3. The summed E-state index contributed by atoms with van der Waals surface area (Å²) < 4.78 is 1.36. The number of aromatic amines is 2. The van der Waals surface area contributed by atoms with Crippen LogP contribution in [-0.4, -0.2) is 35.6 Å². The van der Waals surface area contributed by atoms with E-state index in [1.54, 1.807) is 36.5 Å². The third-order valence-electron chi connectivity index (χ3n) is 3.64. The van der Waals surface area contributed by atoms with Gasteiger partial charge in [-0.15, -0.1) is 10.2 Å². The van der Waals surface area contributed by atoms with Gasteiger partial charge >= 0.3 is 5.69 Å². The fourth-order valence-corrected chi connectivity index (χ4v) is 2.52. The SMILES string of the molecule is O=C(Cn1c(=O)[nH]c2ccccc21)Nc1nnc(-c2ccccn2)[nH]1. The van der Waals surface area contributed by atoms with E-state index in [0.29, 0.717) is 22.6 Å². The van der Waals surface area contributed by atoms with Gasteiger partial charge in [0.15, 0.2) is 5.82 Å². The van der Waals surface area contributed by atoms with Crippen LogP contribution in [0.15, 0.2) is 53.5 Å². The summed E-state index contributed by atoms with van der Waals surface area (Å²) in [5.74, 6) is 0.245. The predicted molar refractivity (Wildman–Crippen MR) is 90.8 cm³/mol. The van der Waals surface area contributed by atoms with Crippen LogP contribution in [0.1, 0.15) is 0 Å². The number of H-pyrrole nitrogens is 2. The minimum atomic E-state index is -0.393. The van der Waals surface area contributed by atoms with E-state index >= 15 is 0 Å². The zero-order valence-corrected chi connectivity index (χ0v) is 12.9. The molecule has 0 aliphatic heterocycles. The number of pyridine rings is 1. The molecule has 4 rings (SSSR count). The molecule has 0 bridgehead atoms. The fraction of sp³-hybridized carbons (Fsp3) is 0.0625. The number of carbonyl (C=O) groups excluding carboxylic acids is 1. The summed E-state index contributed by atoms with van der Waals surface area (Å²) in [4.78, 5) is 34.0. The standard InChI is InChI=1S/C16H13N7O2/c24-13(9-23-12-7-2-1-5-10(12)18-16(23)25)19-15-20-14(21-22-15)11-6-3-4-8-17-11/h1-8H,9H2,(H,18,25)(H2,19,20,21,22,24). The van der Waals surface area contributed by atoms with Gasteiger partial charge < -0.3 is 9.97 Å². The van der Waals surface area contributed by atoms with Gasteiger partial charge in [-0.2, -0.15) is 0 Å². The molecule has 0 fully saturated rings. The minimum absolute atomic E-state index is 0.136. The first kappa shape index (κ1) is 14.8. The maximum atomic E-state index is 12.2. The Morgan fingerprint density at radius 3 is 2.76 bits per heavy atom. The van der Waals surface area contributed by atoms with E-state index in [1.165, 1.54) is 4.57 Å². The van der Waals surface area contributed by atoms with Crippen molar-refractivity contribution in [3.05, 3.63) is 59.1 Å². The van der Waals surface area contributed by atoms with Crippen molar-refractivity contribution >= 4 is 22.9 Å². The Hall–Kier alpha value is -3.75. The maximum absolute atomic E-state index is 12.2. The molecule has 0 unspecified atom stereocenters. The van der Waals surface area contributed by atoms with E-state index < -0.39 is 5.91 Å². The molecular weight excluding hydrogens is 322 g/mol. The molecule has 3 aromatic heterocycles. The van der Waals surface area contributed by atoms with Crippen molar-refractivity contribution in [2.45, 2.75) is 6.54 Å². The number of fused-ring (bicyclic) bond motifs is 1. The van der Waals surface area contributed by atoms with E-state index in [9.17, 15) is 9.59 Å². The average molecular weight is 335 g/mol. The quantitative estimate of drug-likeness (QED) is 0.516. The third-order valence-corrected chi connectivity index (χ3v) is 3.64. The maximum Gasteiger partial charge on any atom is 0.326 e. The lowest BCUT2D eigenvalue weighted by atomic mass is 10.3. The van der Waals surface area contributed by atoms with Gasteiger partial charge in [-0.25, -0.2) is 4.79 Å². The topological polar surface area (TPSA) is 121 Å². The molecule has 4 aromatic rings. The van der Waals surface area contributed by atoms with Gasteiger partial charge in [-0.3, -0.25) is 19.7 Å². The Morgan fingerprint density at radius 2 is 1.92 bits per heavy atom. The monoisotopic (exact) mass is 335 g/mol. The molecular formula is C16H13N7O2. The third kappa shape index (κ3) is 2.90. The Morgan fingerprint density at radius 1 is 1.08 bits per heavy atom. The number of aromatic nitrogens is 6. The molecule has 0 atom stereocenters. The first-order chi connectivity index (χ1) is 12.2. The van der Waals surface area contributed by atoms with Gasteiger partial charge in [0.05, 0.1) is 11.0 Å². The lowest BCUT2D eigenvalue weighted by molar-refractivity contribution is -0.116. The Labute approximate surface area is 140 Å². The van der Waals surface area contributed by atoms with Crippen LogP contribution in [0, 0.1) is 0 Å². The van der Waals surface area contributed by atoms with Crippen LogP contribution < -0.4 is 11.0 Å². The highest BCUT2D eigenvalue weighted by atomic mass is 16.2. The summed E-state index contributed by atoms with van der Waals surface area (Å²) in [6.07, 6.45) is 1.64. The summed E-state index contributed by atoms with van der Waals surface area (Å²) >= 11 is 0. The lowest BCUT2D eigenvalue weighted by Crippen LogP contribution is -2.26. The number of imidazole rings is 1. The van der Waals surface area contributed by atoms with Crippen LogP contribution in [0.3, 0.4) is 0 Å². The Bertz CT molecular complexity index is 1090. The van der Waals surface area contributed by atoms with Gasteiger partial charge in [0.25, 0.3) is 0 Å². The number of benzene rings is 1. The number of carbonyl (C=O) groups is 1. The van der Waals surface area contributed by atoms with Gasteiger partial charge in [0.2, 0.25) is 11.9 Å². The molecule has 1 aromatic carbocycles. The summed E-state index contributed by atoms with van der Waals surface area (Å²) in [5, 5.41) is 10.4. The van der Waals surface area contributed by atoms with Gasteiger partial charge in [0, 0.05) is 6.20 Å². The highest BCUT2D eigenvalue weighted by molar-refractivity contribution is 5.90. The van der Waals surface area contributed by atoms with Gasteiger partial charge in [-0.1, -0.05) is 18.2 Å². The zero-order valence-electron chi connectivity index (χ0n) is 12.9. The number of nitrogens with zero attached hydrogens (tertiary/aromatic N) is 4. The smallest absolute Gasteiger partial charge is 0.306 e. The largest absolute Gasteiger partial charge is 0.326 e. The fourth-order valence-electron chi connectivity index (χ4n) is 2.52. The molecule has 0 aliphatic rings. The average Bonchev–Trinajstić information content (AvgIpc) is 3.21. The second-order valence-electron chi connectivity index (χ2n) is 5.32. The Kier molecular flexibility index (Phi) is 3.58. The Balaban J connectivity index is 1.52. The molecule has 3 heterocycles. The van der Waals surface area contributed by atoms with E-state index in [0.717, 1.165) is 0 Å². The van der Waals surface area contributed by atoms with Crippen LogP contribution in [-0.2, 0) is 11.3 Å². The van der Waals surface area contributed by atoms with Gasteiger partial charge in [0.1, 0.15) is 12.2 Å². The minimum Gasteiger partial charge on any atom is -0.306 e. The highest BCUT2D eigenvalue weighted by Gasteiger charge is 2.13. The molecule has 0 aliphatic carbocycles. The van der Waals surface area contributed by atoms with E-state index in [4.69, 9.17) is 0 Å². The number of nitrogens with one attached hydrogen (secondary N) is 3. The van der Waals surface area contributed by atoms with Crippen molar-refractivity contribution in [2.75, 3.05) is 5.32 Å². The summed E-state index contributed by atoms with van der Waals surface area (Å²) in [6, 6.07) is 12.6. The summed E-state index contributed by atoms with van der Waals surface area (Å²) in [6.45, 7) is -0.136. The molecule has 9 heteroatoms. The summed E-state index contributed by atoms with van der Waals surface area (Å²) in [5.41, 5.74) is 1.61. The van der Waals surface area contributed by atoms with Crippen molar-refractivity contribution in [3.63, 3.8) is 0 Å². The molecule has 3 N–H and O–H groups in total. The molecule has 0 saturated carbocycles. The van der Waals surface area contributed by atoms with Crippen molar-refractivity contribution in [3.8, 4) is 11.5 Å². The predicted octanol–water partition coefficient (Wildman–Crippen LogP) is 1.15. The molecule has 1 amide bonds. The summed E-state index contributed by atoms with van der Waals surface area (Å²) in [7, 11) is 0. The van der Waals surface area contributed by atoms with E-state index in [1.807, 2.05) is 12.1 Å². The molecule has 0 radical (unpaired) electrons. The van der Waals surface area contributed by atoms with Crippen molar-refractivity contribution in [2.24, 2.45) is 0 Å². The molecule has 0 spiro atoms. The highest BCUT2D eigenvalue weighted by Crippen LogP contribution is 2.12. The molecule has 9 nitrogen and oxygen atoms in total. The first-order valence-electron chi connectivity index (χ1n) is 7.52. The number of para-hydroxylation sites is 2. The van der Waals surface area contributed by atoms with Crippen molar-refractivity contribution in [1.29, 1.82) is 0 Å². The van der Waals surface area contributed by atoms with Crippen LogP contribution in [0.25, 0.3) is 22.6 Å². The molecule has 25 heavy (non-hydrogen) atoms.